The summed E-state index contributed by atoms with van der Waals surface area (Å²) >= 11 is 5.47. The molecule has 1 aromatic carbocycles. The van der Waals surface area contributed by atoms with Crippen LogP contribution in [0.5, 0.6) is 0 Å². The maximum absolute atomic E-state index is 5.94. The second-order valence-electron chi connectivity index (χ2n) is 3.56. The summed E-state index contributed by atoms with van der Waals surface area (Å²) in [7, 11) is 0. The Labute approximate surface area is 105 Å². The van der Waals surface area contributed by atoms with E-state index in [4.69, 9.17) is 5.73 Å². The molecule has 1 unspecified atom stereocenters. The van der Waals surface area contributed by atoms with E-state index in [9.17, 15) is 0 Å². The molecule has 1 atom stereocenters. The lowest BCUT2D eigenvalue weighted by Gasteiger charge is -2.11. The molecule has 0 aliphatic rings. The van der Waals surface area contributed by atoms with Gasteiger partial charge < -0.3 is 5.73 Å². The van der Waals surface area contributed by atoms with Crippen molar-refractivity contribution in [3.8, 4) is 0 Å². The van der Waals surface area contributed by atoms with Crippen molar-refractivity contribution in [3.63, 3.8) is 0 Å². The molecule has 84 valence electrons. The number of nitrogens with two attached hydrogens (primary N) is 1. The molecule has 0 saturated carbocycles. The molecule has 0 amide bonds. The molecule has 0 bridgehead atoms. The highest BCUT2D eigenvalue weighted by Gasteiger charge is 2.05. The van der Waals surface area contributed by atoms with E-state index in [1.54, 1.807) is 0 Å². The summed E-state index contributed by atoms with van der Waals surface area (Å²) in [5.74, 6) is 1.11. The van der Waals surface area contributed by atoms with Gasteiger partial charge in [0.25, 0.3) is 0 Å². The normalized spacial score (nSPS) is 12.8. The third-order valence-electron chi connectivity index (χ3n) is 2.34. The van der Waals surface area contributed by atoms with Crippen LogP contribution in [0.4, 0.5) is 0 Å². The maximum atomic E-state index is 5.94. The number of halogens is 1. The van der Waals surface area contributed by atoms with Gasteiger partial charge >= 0.3 is 0 Å². The lowest BCUT2D eigenvalue weighted by atomic mass is 10.1. The highest BCUT2D eigenvalue weighted by Crippen LogP contribution is 2.26. The van der Waals surface area contributed by atoms with Gasteiger partial charge in [0.1, 0.15) is 0 Å². The average Bonchev–Trinajstić information content (AvgIpc) is 2.22. The van der Waals surface area contributed by atoms with E-state index >= 15 is 0 Å². The maximum Gasteiger partial charge on any atom is 0.0219 e. The Balaban J connectivity index is 2.74. The minimum atomic E-state index is 0.269. The van der Waals surface area contributed by atoms with Gasteiger partial charge in [0.2, 0.25) is 0 Å². The van der Waals surface area contributed by atoms with E-state index in [-0.39, 0.29) is 6.04 Å². The van der Waals surface area contributed by atoms with Crippen LogP contribution in [0.15, 0.2) is 27.6 Å². The summed E-state index contributed by atoms with van der Waals surface area (Å²) in [5.41, 5.74) is 7.25. The summed E-state index contributed by atoms with van der Waals surface area (Å²) in [5, 5.41) is 0. The standard InChI is InChI=1S/C12H18BrNS/c1-3-10(14)7-9-5-6-11(15-4-2)8-12(9)13/h5-6,8,10H,3-4,7,14H2,1-2H3. The molecule has 0 spiro atoms. The minimum absolute atomic E-state index is 0.269. The van der Waals surface area contributed by atoms with Crippen LogP contribution in [-0.2, 0) is 6.42 Å². The summed E-state index contributed by atoms with van der Waals surface area (Å²) in [6.45, 7) is 4.29. The van der Waals surface area contributed by atoms with Crippen LogP contribution in [0.3, 0.4) is 0 Å². The van der Waals surface area contributed by atoms with Crippen molar-refractivity contribution in [1.29, 1.82) is 0 Å². The van der Waals surface area contributed by atoms with Crippen molar-refractivity contribution in [2.45, 2.75) is 37.6 Å². The number of benzene rings is 1. The summed E-state index contributed by atoms with van der Waals surface area (Å²) in [6, 6.07) is 6.81. The van der Waals surface area contributed by atoms with Crippen molar-refractivity contribution >= 4 is 27.7 Å². The zero-order valence-corrected chi connectivity index (χ0v) is 11.7. The smallest absolute Gasteiger partial charge is 0.0219 e. The van der Waals surface area contributed by atoms with Gasteiger partial charge in [0.05, 0.1) is 0 Å². The van der Waals surface area contributed by atoms with Gasteiger partial charge in [-0.05, 0) is 36.3 Å². The quantitative estimate of drug-likeness (QED) is 0.833. The fourth-order valence-corrected chi connectivity index (χ4v) is 2.77. The number of hydrogen-bond donors (Lipinski definition) is 1. The number of rotatable bonds is 5. The fraction of sp³-hybridized carbons (Fsp3) is 0.500. The summed E-state index contributed by atoms with van der Waals surface area (Å²) in [6.07, 6.45) is 1.98. The monoisotopic (exact) mass is 287 g/mol. The zero-order chi connectivity index (χ0) is 11.3. The predicted octanol–water partition coefficient (Wildman–Crippen LogP) is 3.84. The molecular weight excluding hydrogens is 270 g/mol. The molecule has 1 rings (SSSR count). The molecule has 0 radical (unpaired) electrons. The van der Waals surface area contributed by atoms with Gasteiger partial charge in [-0.2, -0.15) is 0 Å². The molecule has 2 N–H and O–H groups in total. The largest absolute Gasteiger partial charge is 0.327 e. The van der Waals surface area contributed by atoms with Crippen molar-refractivity contribution in [2.75, 3.05) is 5.75 Å². The first-order valence-corrected chi connectivity index (χ1v) is 7.12. The van der Waals surface area contributed by atoms with E-state index in [2.05, 4.69) is 48.0 Å². The molecule has 0 saturated heterocycles. The average molecular weight is 288 g/mol. The lowest BCUT2D eigenvalue weighted by molar-refractivity contribution is 0.645. The Morgan fingerprint density at radius 3 is 2.67 bits per heavy atom. The number of hydrogen-bond acceptors (Lipinski definition) is 2. The van der Waals surface area contributed by atoms with Gasteiger partial charge in [0.15, 0.2) is 0 Å². The van der Waals surface area contributed by atoms with Crippen LogP contribution in [0.25, 0.3) is 0 Å². The van der Waals surface area contributed by atoms with Gasteiger partial charge in [-0.15, -0.1) is 11.8 Å². The molecule has 15 heavy (non-hydrogen) atoms. The third kappa shape index (κ3) is 4.17. The van der Waals surface area contributed by atoms with Gasteiger partial charge in [-0.25, -0.2) is 0 Å². The van der Waals surface area contributed by atoms with Crippen LogP contribution in [0, 0.1) is 0 Å². The predicted molar refractivity (Wildman–Crippen MR) is 72.5 cm³/mol. The second-order valence-corrected chi connectivity index (χ2v) is 5.75. The molecule has 0 aliphatic heterocycles. The van der Waals surface area contributed by atoms with Crippen LogP contribution < -0.4 is 5.73 Å². The van der Waals surface area contributed by atoms with Gasteiger partial charge in [-0.3, -0.25) is 0 Å². The Kier molecular flexibility index (Phi) is 5.72. The zero-order valence-electron chi connectivity index (χ0n) is 9.29. The van der Waals surface area contributed by atoms with Crippen LogP contribution in [0.2, 0.25) is 0 Å². The highest BCUT2D eigenvalue weighted by molar-refractivity contribution is 9.10. The van der Waals surface area contributed by atoms with E-state index in [1.807, 2.05) is 11.8 Å². The molecule has 0 fully saturated rings. The van der Waals surface area contributed by atoms with Crippen molar-refractivity contribution in [1.82, 2.24) is 0 Å². The van der Waals surface area contributed by atoms with Crippen molar-refractivity contribution in [3.05, 3.63) is 28.2 Å². The lowest BCUT2D eigenvalue weighted by Crippen LogP contribution is -2.21. The number of thioether (sulfide) groups is 1. The molecule has 0 aromatic heterocycles. The topological polar surface area (TPSA) is 26.0 Å². The van der Waals surface area contributed by atoms with Crippen LogP contribution in [-0.4, -0.2) is 11.8 Å². The Morgan fingerprint density at radius 1 is 1.40 bits per heavy atom. The molecule has 0 heterocycles. The Bertz CT molecular complexity index is 314. The Morgan fingerprint density at radius 2 is 2.13 bits per heavy atom. The summed E-state index contributed by atoms with van der Waals surface area (Å²) < 4.78 is 1.19. The first kappa shape index (κ1) is 13.1. The highest BCUT2D eigenvalue weighted by atomic mass is 79.9. The summed E-state index contributed by atoms with van der Waals surface area (Å²) in [4.78, 5) is 1.32. The van der Waals surface area contributed by atoms with E-state index in [0.29, 0.717) is 0 Å². The van der Waals surface area contributed by atoms with E-state index < -0.39 is 0 Å². The minimum Gasteiger partial charge on any atom is -0.327 e. The first-order chi connectivity index (χ1) is 7.17. The second kappa shape index (κ2) is 6.56. The molecular formula is C12H18BrNS. The molecule has 1 nitrogen and oxygen atoms in total. The molecule has 3 heteroatoms. The molecule has 1 aromatic rings. The third-order valence-corrected chi connectivity index (χ3v) is 3.96. The van der Waals surface area contributed by atoms with Gasteiger partial charge in [0, 0.05) is 15.4 Å². The first-order valence-electron chi connectivity index (χ1n) is 5.34. The SMILES string of the molecule is CCSc1ccc(CC(N)CC)c(Br)c1. The fourth-order valence-electron chi connectivity index (χ4n) is 1.38. The Hall–Kier alpha value is 0.01000. The van der Waals surface area contributed by atoms with E-state index in [1.165, 1.54) is 14.9 Å². The van der Waals surface area contributed by atoms with Crippen molar-refractivity contribution in [2.24, 2.45) is 5.73 Å². The van der Waals surface area contributed by atoms with E-state index in [0.717, 1.165) is 18.6 Å². The van der Waals surface area contributed by atoms with Crippen LogP contribution >= 0.6 is 27.7 Å². The van der Waals surface area contributed by atoms with Crippen LogP contribution in [0.1, 0.15) is 25.8 Å². The van der Waals surface area contributed by atoms with Crippen molar-refractivity contribution < 1.29 is 0 Å². The molecule has 0 aliphatic carbocycles. The van der Waals surface area contributed by atoms with Gasteiger partial charge in [-0.1, -0.05) is 35.8 Å².